The zero-order valence-corrected chi connectivity index (χ0v) is 14.9. The topological polar surface area (TPSA) is 55.2 Å². The SMILES string of the molecule is O=[N+]([O-])c1cc([C@@H]2Nc3ccc(Br)cc3[C@@H]3C=CC[C@H]32)ccc1Cl. The molecule has 0 radical (unpaired) electrons. The Labute approximate surface area is 152 Å². The van der Waals surface area contributed by atoms with Crippen molar-refractivity contribution in [3.8, 4) is 0 Å². The molecular formula is C18H14BrClN2O2. The molecule has 4 rings (SSSR count). The first-order valence-corrected chi connectivity index (χ1v) is 8.88. The van der Waals surface area contributed by atoms with Crippen molar-refractivity contribution in [1.82, 2.24) is 0 Å². The van der Waals surface area contributed by atoms with Crippen molar-refractivity contribution in [2.24, 2.45) is 5.92 Å². The van der Waals surface area contributed by atoms with Crippen LogP contribution in [0.4, 0.5) is 11.4 Å². The van der Waals surface area contributed by atoms with E-state index in [9.17, 15) is 10.1 Å². The molecule has 0 amide bonds. The maximum Gasteiger partial charge on any atom is 0.288 e. The molecule has 6 heteroatoms. The molecule has 0 bridgehead atoms. The summed E-state index contributed by atoms with van der Waals surface area (Å²) < 4.78 is 1.06. The first-order valence-electron chi connectivity index (χ1n) is 7.71. The average Bonchev–Trinajstić information content (AvgIpc) is 3.04. The number of anilines is 1. The van der Waals surface area contributed by atoms with E-state index in [-0.39, 0.29) is 16.8 Å². The van der Waals surface area contributed by atoms with Crippen LogP contribution in [0.1, 0.15) is 29.5 Å². The summed E-state index contributed by atoms with van der Waals surface area (Å²) in [7, 11) is 0. The quantitative estimate of drug-likeness (QED) is 0.388. The monoisotopic (exact) mass is 404 g/mol. The van der Waals surface area contributed by atoms with Crippen molar-refractivity contribution in [1.29, 1.82) is 0 Å². The van der Waals surface area contributed by atoms with Gasteiger partial charge in [0.15, 0.2) is 0 Å². The molecule has 3 atom stereocenters. The van der Waals surface area contributed by atoms with E-state index in [1.54, 1.807) is 12.1 Å². The van der Waals surface area contributed by atoms with Crippen LogP contribution in [0.3, 0.4) is 0 Å². The first kappa shape index (κ1) is 15.7. The predicted octanol–water partition coefficient (Wildman–Crippen LogP) is 5.84. The van der Waals surface area contributed by atoms with Crippen LogP contribution in [-0.4, -0.2) is 4.92 Å². The molecule has 1 N–H and O–H groups in total. The van der Waals surface area contributed by atoms with Crippen molar-refractivity contribution in [3.63, 3.8) is 0 Å². The number of halogens is 2. The maximum atomic E-state index is 11.2. The third kappa shape index (κ3) is 2.52. The van der Waals surface area contributed by atoms with Gasteiger partial charge in [-0.05, 0) is 47.7 Å². The highest BCUT2D eigenvalue weighted by molar-refractivity contribution is 9.10. The zero-order chi connectivity index (χ0) is 16.8. The van der Waals surface area contributed by atoms with Gasteiger partial charge in [-0.25, -0.2) is 0 Å². The van der Waals surface area contributed by atoms with Gasteiger partial charge < -0.3 is 5.32 Å². The van der Waals surface area contributed by atoms with Crippen LogP contribution in [0.25, 0.3) is 0 Å². The Morgan fingerprint density at radius 2 is 2.08 bits per heavy atom. The van der Waals surface area contributed by atoms with Crippen molar-refractivity contribution in [2.75, 3.05) is 5.32 Å². The summed E-state index contributed by atoms with van der Waals surface area (Å²) in [4.78, 5) is 10.8. The molecular weight excluding hydrogens is 392 g/mol. The van der Waals surface area contributed by atoms with Crippen LogP contribution in [0, 0.1) is 16.0 Å². The van der Waals surface area contributed by atoms with Crippen LogP contribution in [-0.2, 0) is 0 Å². The molecule has 0 aromatic heterocycles. The van der Waals surface area contributed by atoms with E-state index in [1.165, 1.54) is 5.56 Å². The van der Waals surface area contributed by atoms with Crippen LogP contribution in [0.15, 0.2) is 53.0 Å². The Morgan fingerprint density at radius 1 is 1.25 bits per heavy atom. The van der Waals surface area contributed by atoms with Crippen molar-refractivity contribution < 1.29 is 4.92 Å². The number of nitro groups is 1. The van der Waals surface area contributed by atoms with E-state index in [0.29, 0.717) is 11.8 Å². The van der Waals surface area contributed by atoms with Crippen LogP contribution < -0.4 is 5.32 Å². The van der Waals surface area contributed by atoms with Gasteiger partial charge in [0.05, 0.1) is 11.0 Å². The lowest BCUT2D eigenvalue weighted by Gasteiger charge is -2.37. The van der Waals surface area contributed by atoms with Crippen LogP contribution in [0.5, 0.6) is 0 Å². The van der Waals surface area contributed by atoms with E-state index in [1.807, 2.05) is 12.1 Å². The van der Waals surface area contributed by atoms with Gasteiger partial charge in [0.2, 0.25) is 0 Å². The molecule has 4 nitrogen and oxygen atoms in total. The molecule has 1 aliphatic heterocycles. The zero-order valence-electron chi connectivity index (χ0n) is 12.6. The van der Waals surface area contributed by atoms with Crippen molar-refractivity contribution in [2.45, 2.75) is 18.4 Å². The lowest BCUT2D eigenvalue weighted by molar-refractivity contribution is -0.384. The summed E-state index contributed by atoms with van der Waals surface area (Å²) in [5, 5.41) is 14.9. The van der Waals surface area contributed by atoms with Gasteiger partial charge in [-0.3, -0.25) is 10.1 Å². The third-order valence-electron chi connectivity index (χ3n) is 4.85. The molecule has 0 spiro atoms. The molecule has 1 heterocycles. The van der Waals surface area contributed by atoms with E-state index in [4.69, 9.17) is 11.6 Å². The highest BCUT2D eigenvalue weighted by atomic mass is 79.9. The molecule has 2 aromatic carbocycles. The first-order chi connectivity index (χ1) is 11.5. The van der Waals surface area contributed by atoms with Gasteiger partial charge >= 0.3 is 0 Å². The number of allylic oxidation sites excluding steroid dienone is 2. The molecule has 0 saturated heterocycles. The Morgan fingerprint density at radius 3 is 2.88 bits per heavy atom. The Balaban J connectivity index is 1.79. The molecule has 0 saturated carbocycles. The standard InChI is InChI=1S/C18H14BrClN2O2/c19-11-5-7-16-14(9-11)12-2-1-3-13(12)18(21-16)10-4-6-15(20)17(8-10)22(23)24/h1-2,4-9,12-13,18,21H,3H2/t12-,13-,18+/m1/s1. The van der Waals surface area contributed by atoms with Gasteiger partial charge in [0.1, 0.15) is 5.02 Å². The molecule has 2 aliphatic rings. The minimum atomic E-state index is -0.426. The fourth-order valence-corrected chi connectivity index (χ4v) is 4.32. The normalized spacial score (nSPS) is 24.2. The van der Waals surface area contributed by atoms with E-state index in [0.717, 1.165) is 22.1 Å². The summed E-state index contributed by atoms with van der Waals surface area (Å²) in [5.74, 6) is 0.658. The smallest absolute Gasteiger partial charge is 0.288 e. The number of benzene rings is 2. The average molecular weight is 406 g/mol. The predicted molar refractivity (Wildman–Crippen MR) is 98.6 cm³/mol. The molecule has 1 aliphatic carbocycles. The lowest BCUT2D eigenvalue weighted by atomic mass is 9.77. The van der Waals surface area contributed by atoms with Gasteiger partial charge in [0, 0.05) is 22.1 Å². The summed E-state index contributed by atoms with van der Waals surface area (Å²) in [6.07, 6.45) is 5.39. The van der Waals surface area contributed by atoms with Gasteiger partial charge in [-0.2, -0.15) is 0 Å². The highest BCUT2D eigenvalue weighted by Gasteiger charge is 2.38. The second-order valence-electron chi connectivity index (χ2n) is 6.18. The number of hydrogen-bond donors (Lipinski definition) is 1. The number of nitrogens with one attached hydrogen (secondary N) is 1. The van der Waals surface area contributed by atoms with E-state index < -0.39 is 4.92 Å². The molecule has 24 heavy (non-hydrogen) atoms. The largest absolute Gasteiger partial charge is 0.378 e. The highest BCUT2D eigenvalue weighted by Crippen LogP contribution is 2.50. The maximum absolute atomic E-state index is 11.2. The molecule has 2 aromatic rings. The minimum Gasteiger partial charge on any atom is -0.378 e. The van der Waals surface area contributed by atoms with Crippen LogP contribution in [0.2, 0.25) is 5.02 Å². The number of rotatable bonds is 2. The molecule has 0 fully saturated rings. The fourth-order valence-electron chi connectivity index (χ4n) is 3.76. The minimum absolute atomic E-state index is 0.0228. The van der Waals surface area contributed by atoms with Gasteiger partial charge in [-0.15, -0.1) is 0 Å². The molecule has 122 valence electrons. The number of nitro benzene ring substituents is 1. The number of hydrogen-bond acceptors (Lipinski definition) is 3. The van der Waals surface area contributed by atoms with Gasteiger partial charge in [0.25, 0.3) is 5.69 Å². The van der Waals surface area contributed by atoms with Crippen molar-refractivity contribution in [3.05, 3.63) is 79.3 Å². The summed E-state index contributed by atoms with van der Waals surface area (Å²) >= 11 is 9.50. The summed E-state index contributed by atoms with van der Waals surface area (Å²) in [5.41, 5.74) is 3.20. The second kappa shape index (κ2) is 5.90. The summed E-state index contributed by atoms with van der Waals surface area (Å²) in [6, 6.07) is 11.3. The van der Waals surface area contributed by atoms with Crippen molar-refractivity contribution >= 4 is 38.9 Å². The van der Waals surface area contributed by atoms with Gasteiger partial charge in [-0.1, -0.05) is 45.7 Å². The number of fused-ring (bicyclic) bond motifs is 3. The Kier molecular flexibility index (Phi) is 3.85. The molecule has 0 unspecified atom stereocenters. The van der Waals surface area contributed by atoms with E-state index >= 15 is 0 Å². The van der Waals surface area contributed by atoms with Crippen LogP contribution >= 0.6 is 27.5 Å². The second-order valence-corrected chi connectivity index (χ2v) is 7.50. The lowest BCUT2D eigenvalue weighted by Crippen LogP contribution is -2.29. The Hall–Kier alpha value is -1.85. The Bertz CT molecular complexity index is 868. The number of nitrogens with zero attached hydrogens (tertiary/aromatic N) is 1. The fraction of sp³-hybridized carbons (Fsp3) is 0.222. The summed E-state index contributed by atoms with van der Waals surface area (Å²) in [6.45, 7) is 0. The third-order valence-corrected chi connectivity index (χ3v) is 5.66. The van der Waals surface area contributed by atoms with E-state index in [2.05, 4.69) is 45.5 Å².